The van der Waals surface area contributed by atoms with Crippen LogP contribution in [0.5, 0.6) is 0 Å². The third-order valence-corrected chi connectivity index (χ3v) is 4.13. The third kappa shape index (κ3) is 2.76. The number of ether oxygens (including phenoxy) is 1. The average molecular weight is 314 g/mol. The van der Waals surface area contributed by atoms with Gasteiger partial charge in [0.05, 0.1) is 6.07 Å². The van der Waals surface area contributed by atoms with Gasteiger partial charge >= 0.3 is 5.97 Å². The summed E-state index contributed by atoms with van der Waals surface area (Å²) >= 11 is 0. The lowest BCUT2D eigenvalue weighted by Gasteiger charge is -2.29. The van der Waals surface area contributed by atoms with Crippen molar-refractivity contribution < 1.29 is 19.0 Å². The highest BCUT2D eigenvalue weighted by molar-refractivity contribution is 5.98. The molecular weight excluding hydrogens is 296 g/mol. The molecule has 0 saturated heterocycles. The molecule has 0 unspecified atom stereocenters. The predicted molar refractivity (Wildman–Crippen MR) is 87.8 cm³/mol. The molecule has 6 heteroatoms. The Morgan fingerprint density at radius 2 is 2.13 bits per heavy atom. The van der Waals surface area contributed by atoms with E-state index in [-0.39, 0.29) is 22.9 Å². The van der Waals surface area contributed by atoms with Gasteiger partial charge in [-0.2, -0.15) is 4.74 Å². The van der Waals surface area contributed by atoms with Gasteiger partial charge in [0.2, 0.25) is 11.4 Å². The maximum Gasteiger partial charge on any atom is 0.345 e. The van der Waals surface area contributed by atoms with Gasteiger partial charge in [-0.3, -0.25) is 0 Å². The minimum absolute atomic E-state index is 0.00796. The summed E-state index contributed by atoms with van der Waals surface area (Å²) in [6, 6.07) is 1.30. The summed E-state index contributed by atoms with van der Waals surface area (Å²) in [6.07, 6.45) is 1.69. The molecule has 0 aromatic heterocycles. The van der Waals surface area contributed by atoms with Gasteiger partial charge < -0.3 is 15.2 Å². The molecule has 1 aliphatic rings. The quantitative estimate of drug-likeness (QED) is 0.214. The number of nitrogens with zero attached hydrogens (tertiary/aromatic N) is 2. The summed E-state index contributed by atoms with van der Waals surface area (Å²) in [6.45, 7) is 13.9. The predicted octanol–water partition coefficient (Wildman–Crippen LogP) is 2.74. The Kier molecular flexibility index (Phi) is 4.38. The molecule has 1 heterocycles. The zero-order valence-corrected chi connectivity index (χ0v) is 13.2. The zero-order chi connectivity index (χ0) is 17.3. The van der Waals surface area contributed by atoms with Crippen molar-refractivity contribution in [2.75, 3.05) is 0 Å². The molecule has 0 saturated carbocycles. The van der Waals surface area contributed by atoms with Crippen LogP contribution in [0.4, 0.5) is 11.4 Å². The van der Waals surface area contributed by atoms with E-state index >= 15 is 0 Å². The molecule has 1 aliphatic heterocycles. The lowest BCUT2D eigenvalue weighted by Crippen LogP contribution is -2.33. The van der Waals surface area contributed by atoms with Gasteiger partial charge in [-0.05, 0) is 12.5 Å². The maximum absolute atomic E-state index is 12.4. The first-order valence-corrected chi connectivity index (χ1v) is 7.09. The summed E-state index contributed by atoms with van der Waals surface area (Å²) in [7, 11) is 0. The molecule has 120 valence electrons. The normalized spacial score (nSPS) is 17.5. The molecule has 1 aromatic carbocycles. The van der Waals surface area contributed by atoms with Crippen molar-refractivity contribution in [3.8, 4) is 0 Å². The van der Waals surface area contributed by atoms with Crippen LogP contribution in [0, 0.1) is 23.3 Å². The van der Waals surface area contributed by atoms with Crippen LogP contribution in [0.2, 0.25) is 0 Å². The maximum atomic E-state index is 12.4. The van der Waals surface area contributed by atoms with E-state index in [1.807, 2.05) is 6.92 Å². The van der Waals surface area contributed by atoms with E-state index in [1.54, 1.807) is 13.0 Å². The van der Waals surface area contributed by atoms with Crippen LogP contribution in [0.1, 0.15) is 28.4 Å². The Hall–Kier alpha value is -2.85. The fourth-order valence-electron chi connectivity index (χ4n) is 2.67. The number of hydrogen-bond donors (Lipinski definition) is 0. The number of esters is 1. The summed E-state index contributed by atoms with van der Waals surface area (Å²) < 4.78 is 6.16. The van der Waals surface area contributed by atoms with Crippen molar-refractivity contribution >= 4 is 29.9 Å². The van der Waals surface area contributed by atoms with E-state index in [0.29, 0.717) is 27.0 Å². The lowest BCUT2D eigenvalue weighted by molar-refractivity contribution is -0.361. The van der Waals surface area contributed by atoms with Crippen molar-refractivity contribution in [1.82, 2.24) is 0 Å². The second-order valence-corrected chi connectivity index (χ2v) is 5.47. The summed E-state index contributed by atoms with van der Waals surface area (Å²) in [4.78, 5) is 12.4. The van der Waals surface area contributed by atoms with Gasteiger partial charge in [0, 0.05) is 24.5 Å². The van der Waals surface area contributed by atoms with Crippen molar-refractivity contribution in [1.29, 1.82) is 0 Å². The molecule has 2 rings (SSSR count). The smallest absolute Gasteiger partial charge is 0.345 e. The van der Waals surface area contributed by atoms with Gasteiger partial charge in [0.1, 0.15) is 18.4 Å². The molecule has 23 heavy (non-hydrogen) atoms. The molecule has 0 amide bonds. The summed E-state index contributed by atoms with van der Waals surface area (Å²) in [5, 5.41) is 23.7. The fraction of sp³-hybridized carbons (Fsp3) is 0.294. The van der Waals surface area contributed by atoms with Crippen LogP contribution in [0.15, 0.2) is 25.3 Å². The van der Waals surface area contributed by atoms with Gasteiger partial charge in [-0.1, -0.05) is 13.0 Å². The minimum atomic E-state index is -0.598. The zero-order valence-electron chi connectivity index (χ0n) is 13.2. The number of carbonyl (C=O) groups is 1. The molecule has 0 fully saturated rings. The Balaban J connectivity index is 2.75. The number of rotatable bonds is 4. The molecule has 0 radical (unpaired) electrons. The van der Waals surface area contributed by atoms with E-state index < -0.39 is 12.1 Å². The Morgan fingerprint density at radius 3 is 2.65 bits per heavy atom. The average Bonchev–Trinajstić information content (AvgIpc) is 2.53. The minimum Gasteiger partial charge on any atom is -0.619 e. The molecule has 0 aliphatic carbocycles. The number of carbonyl (C=O) groups excluding carboxylic acids is 1. The fourth-order valence-corrected chi connectivity index (χ4v) is 2.67. The van der Waals surface area contributed by atoms with Gasteiger partial charge in [0.15, 0.2) is 5.87 Å². The number of hydrogen-bond acceptors (Lipinski definition) is 4. The van der Waals surface area contributed by atoms with E-state index in [4.69, 9.17) is 4.74 Å². The van der Waals surface area contributed by atoms with Crippen LogP contribution in [0.3, 0.4) is 0 Å². The number of benzene rings is 1. The van der Waals surface area contributed by atoms with Gasteiger partial charge in [-0.25, -0.2) is 4.79 Å². The molecular formula is C17H18N2O4. The van der Waals surface area contributed by atoms with E-state index in [0.717, 1.165) is 0 Å². The highest BCUT2D eigenvalue weighted by atomic mass is 16.5. The van der Waals surface area contributed by atoms with Crippen LogP contribution < -0.4 is 0 Å². The van der Waals surface area contributed by atoms with Crippen molar-refractivity contribution in [2.45, 2.75) is 26.4 Å². The SMILES string of the molecule is C=C=[N+]([O-])c1cc([N+](=C)[O-])c2c(c1C)C[C@H]([C@H](C)C=C)OC2=O. The van der Waals surface area contributed by atoms with Crippen LogP contribution >= 0.6 is 0 Å². The molecule has 0 bridgehead atoms. The van der Waals surface area contributed by atoms with Crippen LogP contribution in [-0.4, -0.2) is 34.1 Å². The van der Waals surface area contributed by atoms with Crippen molar-refractivity contribution in [2.24, 2.45) is 5.92 Å². The first-order valence-electron chi connectivity index (χ1n) is 7.09. The first kappa shape index (κ1) is 16.5. The molecule has 0 N–H and O–H groups in total. The monoisotopic (exact) mass is 314 g/mol. The molecule has 0 spiro atoms. The second kappa shape index (κ2) is 6.10. The molecule has 1 aromatic rings. The van der Waals surface area contributed by atoms with Crippen LogP contribution in [-0.2, 0) is 11.2 Å². The lowest BCUT2D eigenvalue weighted by atomic mass is 9.87. The van der Waals surface area contributed by atoms with Gasteiger partial charge in [0.25, 0.3) is 0 Å². The van der Waals surface area contributed by atoms with Crippen LogP contribution in [0.25, 0.3) is 0 Å². The van der Waals surface area contributed by atoms with Crippen molar-refractivity contribution in [3.05, 3.63) is 52.4 Å². The highest BCUT2D eigenvalue weighted by Crippen LogP contribution is 2.38. The molecule has 2 atom stereocenters. The van der Waals surface area contributed by atoms with E-state index in [9.17, 15) is 15.2 Å². The highest BCUT2D eigenvalue weighted by Gasteiger charge is 2.37. The number of cyclic esters (lactones) is 1. The topological polar surface area (TPSA) is 78.4 Å². The second-order valence-electron chi connectivity index (χ2n) is 5.47. The number of fused-ring (bicyclic) bond motifs is 1. The van der Waals surface area contributed by atoms with Gasteiger partial charge in [-0.15, -0.1) is 11.3 Å². The first-order chi connectivity index (χ1) is 10.8. The Bertz CT molecular complexity index is 760. The third-order valence-electron chi connectivity index (χ3n) is 4.13. The summed E-state index contributed by atoms with van der Waals surface area (Å²) in [5.41, 5.74) is 1.55. The largest absolute Gasteiger partial charge is 0.619 e. The molecule has 6 nitrogen and oxygen atoms in total. The van der Waals surface area contributed by atoms with E-state index in [1.165, 1.54) is 6.07 Å². The Labute approximate surface area is 134 Å². The Morgan fingerprint density at radius 1 is 1.48 bits per heavy atom. The van der Waals surface area contributed by atoms with E-state index in [2.05, 4.69) is 25.7 Å². The summed E-state index contributed by atoms with van der Waals surface area (Å²) in [5.74, 6) is 1.55. The standard InChI is InChI=1S/C17H18N2O4/c1-6-10(3)15-8-12-11(4)13(19(22)7-2)9-14(18(5)21)16(12)17(20)23-15/h6,9-10,15H,1-2,5,8H2,3-4H3/t10-,15-/m1/s1. The van der Waals surface area contributed by atoms with Crippen molar-refractivity contribution in [3.63, 3.8) is 0 Å².